The molecule has 0 aliphatic carbocycles. The Balaban J connectivity index is 2.41. The molecule has 0 saturated carbocycles. The van der Waals surface area contributed by atoms with Gasteiger partial charge in [-0.25, -0.2) is 14.8 Å². The first-order valence-electron chi connectivity index (χ1n) is 6.00. The Bertz CT molecular complexity index is 666. The molecular weight excluding hydrogens is 274 g/mol. The number of nitrogen functional groups attached to an aromatic ring is 1. The van der Waals surface area contributed by atoms with Gasteiger partial charge in [0.2, 0.25) is 0 Å². The van der Waals surface area contributed by atoms with Gasteiger partial charge >= 0.3 is 5.97 Å². The van der Waals surface area contributed by atoms with Crippen molar-refractivity contribution >= 4 is 23.4 Å². The van der Waals surface area contributed by atoms with Gasteiger partial charge in [-0.2, -0.15) is 0 Å². The van der Waals surface area contributed by atoms with Crippen molar-refractivity contribution in [2.45, 2.75) is 30.8 Å². The molecule has 6 heteroatoms. The molecular formula is C14H15N3O2S. The number of hydrogen-bond donors (Lipinski definition) is 2. The molecule has 0 aliphatic heterocycles. The quantitative estimate of drug-likeness (QED) is 0.667. The van der Waals surface area contributed by atoms with Gasteiger partial charge in [-0.15, -0.1) is 0 Å². The van der Waals surface area contributed by atoms with Gasteiger partial charge in [-0.3, -0.25) is 0 Å². The molecule has 0 bridgehead atoms. The number of nitrogens with zero attached hydrogens (tertiary/aromatic N) is 2. The lowest BCUT2D eigenvalue weighted by atomic mass is 10.1. The standard InChI is InChI=1S/C14H15N3O2S/c1-7-4-10(6-11(12(7)15)13(18)19)20-14-16-8(2)5-9(3)17-14/h4-6H,15H2,1-3H3,(H,18,19). The number of carboxylic acid groups (broad SMARTS) is 1. The second-order valence-electron chi connectivity index (χ2n) is 4.54. The number of aryl methyl sites for hydroxylation is 3. The molecule has 20 heavy (non-hydrogen) atoms. The number of benzene rings is 1. The predicted octanol–water partition coefficient (Wildman–Crippen LogP) is 2.83. The molecule has 0 atom stereocenters. The Morgan fingerprint density at radius 2 is 1.75 bits per heavy atom. The molecule has 1 heterocycles. The molecule has 0 fully saturated rings. The van der Waals surface area contributed by atoms with Crippen molar-refractivity contribution in [3.63, 3.8) is 0 Å². The minimum absolute atomic E-state index is 0.108. The van der Waals surface area contributed by atoms with E-state index >= 15 is 0 Å². The highest BCUT2D eigenvalue weighted by Crippen LogP contribution is 2.30. The zero-order valence-corrected chi connectivity index (χ0v) is 12.3. The molecule has 0 amide bonds. The first-order valence-corrected chi connectivity index (χ1v) is 6.82. The van der Waals surface area contributed by atoms with Crippen LogP contribution < -0.4 is 5.73 Å². The fourth-order valence-corrected chi connectivity index (χ4v) is 2.85. The van der Waals surface area contributed by atoms with Gasteiger partial charge in [0.1, 0.15) is 0 Å². The fourth-order valence-electron chi connectivity index (χ4n) is 1.85. The van der Waals surface area contributed by atoms with Crippen molar-refractivity contribution < 1.29 is 9.90 Å². The summed E-state index contributed by atoms with van der Waals surface area (Å²) >= 11 is 1.33. The molecule has 5 nitrogen and oxygen atoms in total. The van der Waals surface area contributed by atoms with Crippen LogP contribution in [0, 0.1) is 20.8 Å². The number of nitrogens with two attached hydrogens (primary N) is 1. The number of aromatic nitrogens is 2. The Kier molecular flexibility index (Phi) is 3.94. The second kappa shape index (κ2) is 5.50. The predicted molar refractivity (Wildman–Crippen MR) is 78.2 cm³/mol. The van der Waals surface area contributed by atoms with Gasteiger partial charge in [-0.05, 0) is 56.3 Å². The average Bonchev–Trinajstić information content (AvgIpc) is 2.31. The molecule has 0 aliphatic rings. The molecule has 2 aromatic rings. The molecule has 0 unspecified atom stereocenters. The van der Waals surface area contributed by atoms with Crippen molar-refractivity contribution in [3.05, 3.63) is 40.7 Å². The molecule has 104 valence electrons. The SMILES string of the molecule is Cc1cc(C)nc(Sc2cc(C)c(N)c(C(=O)O)c2)n1. The van der Waals surface area contributed by atoms with Gasteiger partial charge in [0.15, 0.2) is 5.16 Å². The summed E-state index contributed by atoms with van der Waals surface area (Å²) in [5, 5.41) is 9.75. The van der Waals surface area contributed by atoms with E-state index in [1.165, 1.54) is 11.8 Å². The zero-order valence-electron chi connectivity index (χ0n) is 11.5. The summed E-state index contributed by atoms with van der Waals surface area (Å²) in [5.74, 6) is -1.03. The molecule has 0 spiro atoms. The van der Waals surface area contributed by atoms with Crippen LogP contribution in [-0.2, 0) is 0 Å². The minimum atomic E-state index is -1.03. The number of aromatic carboxylic acids is 1. The van der Waals surface area contributed by atoms with Crippen LogP contribution in [0.15, 0.2) is 28.3 Å². The molecule has 2 rings (SSSR count). The van der Waals surface area contributed by atoms with Crippen LogP contribution in [-0.4, -0.2) is 21.0 Å². The Morgan fingerprint density at radius 3 is 2.30 bits per heavy atom. The van der Waals surface area contributed by atoms with Crippen molar-refractivity contribution in [3.8, 4) is 0 Å². The van der Waals surface area contributed by atoms with E-state index in [9.17, 15) is 4.79 Å². The first-order chi connectivity index (χ1) is 9.36. The van der Waals surface area contributed by atoms with Crippen molar-refractivity contribution in [1.29, 1.82) is 0 Å². The Labute approximate surface area is 121 Å². The van der Waals surface area contributed by atoms with E-state index in [1.807, 2.05) is 26.0 Å². The van der Waals surface area contributed by atoms with Crippen molar-refractivity contribution in [2.24, 2.45) is 0 Å². The van der Waals surface area contributed by atoms with E-state index in [-0.39, 0.29) is 5.56 Å². The number of rotatable bonds is 3. The van der Waals surface area contributed by atoms with Crippen LogP contribution in [0.3, 0.4) is 0 Å². The highest BCUT2D eigenvalue weighted by molar-refractivity contribution is 7.99. The molecule has 0 radical (unpaired) electrons. The normalized spacial score (nSPS) is 10.6. The average molecular weight is 289 g/mol. The van der Waals surface area contributed by atoms with Gasteiger partial charge in [0.25, 0.3) is 0 Å². The van der Waals surface area contributed by atoms with Crippen LogP contribution in [0.5, 0.6) is 0 Å². The number of anilines is 1. The molecule has 1 aromatic carbocycles. The minimum Gasteiger partial charge on any atom is -0.478 e. The molecule has 3 N–H and O–H groups in total. The zero-order chi connectivity index (χ0) is 14.9. The summed E-state index contributed by atoms with van der Waals surface area (Å²) in [6.07, 6.45) is 0. The van der Waals surface area contributed by atoms with Crippen LogP contribution in [0.25, 0.3) is 0 Å². The summed E-state index contributed by atoms with van der Waals surface area (Å²) < 4.78 is 0. The fraction of sp³-hybridized carbons (Fsp3) is 0.214. The van der Waals surface area contributed by atoms with Gasteiger partial charge in [-0.1, -0.05) is 0 Å². The number of carboxylic acids is 1. The summed E-state index contributed by atoms with van der Waals surface area (Å²) in [6.45, 7) is 5.58. The van der Waals surface area contributed by atoms with E-state index < -0.39 is 5.97 Å². The third kappa shape index (κ3) is 3.08. The highest BCUT2D eigenvalue weighted by atomic mass is 32.2. The van der Waals surface area contributed by atoms with Crippen molar-refractivity contribution in [1.82, 2.24) is 9.97 Å². The highest BCUT2D eigenvalue weighted by Gasteiger charge is 2.13. The Morgan fingerprint density at radius 1 is 1.15 bits per heavy atom. The maximum atomic E-state index is 11.2. The van der Waals surface area contributed by atoms with Crippen LogP contribution in [0.2, 0.25) is 0 Å². The lowest BCUT2D eigenvalue weighted by molar-refractivity contribution is 0.0697. The van der Waals surface area contributed by atoms with E-state index in [0.29, 0.717) is 10.8 Å². The van der Waals surface area contributed by atoms with Gasteiger partial charge < -0.3 is 10.8 Å². The smallest absolute Gasteiger partial charge is 0.337 e. The van der Waals surface area contributed by atoms with Gasteiger partial charge in [0, 0.05) is 22.0 Å². The van der Waals surface area contributed by atoms with Crippen LogP contribution in [0.4, 0.5) is 5.69 Å². The summed E-state index contributed by atoms with van der Waals surface area (Å²) in [7, 11) is 0. The summed E-state index contributed by atoms with van der Waals surface area (Å²) in [4.78, 5) is 20.6. The van der Waals surface area contributed by atoms with E-state index in [0.717, 1.165) is 21.8 Å². The topological polar surface area (TPSA) is 89.1 Å². The van der Waals surface area contributed by atoms with Crippen LogP contribution >= 0.6 is 11.8 Å². The van der Waals surface area contributed by atoms with Crippen LogP contribution in [0.1, 0.15) is 27.3 Å². The largest absolute Gasteiger partial charge is 0.478 e. The maximum Gasteiger partial charge on any atom is 0.337 e. The lowest BCUT2D eigenvalue weighted by Gasteiger charge is -2.08. The second-order valence-corrected chi connectivity index (χ2v) is 5.58. The number of hydrogen-bond acceptors (Lipinski definition) is 5. The summed E-state index contributed by atoms with van der Waals surface area (Å²) in [6, 6.07) is 5.28. The molecule has 0 saturated heterocycles. The first kappa shape index (κ1) is 14.3. The third-order valence-corrected chi connectivity index (χ3v) is 3.60. The Hall–Kier alpha value is -2.08. The monoisotopic (exact) mass is 289 g/mol. The lowest BCUT2D eigenvalue weighted by Crippen LogP contribution is -2.04. The maximum absolute atomic E-state index is 11.2. The van der Waals surface area contributed by atoms with E-state index in [1.54, 1.807) is 13.0 Å². The van der Waals surface area contributed by atoms with Crippen molar-refractivity contribution in [2.75, 3.05) is 5.73 Å². The summed E-state index contributed by atoms with van der Waals surface area (Å²) in [5.41, 5.74) is 8.67. The number of carbonyl (C=O) groups is 1. The van der Waals surface area contributed by atoms with E-state index in [4.69, 9.17) is 10.8 Å². The molecule has 1 aromatic heterocycles. The third-order valence-electron chi connectivity index (χ3n) is 2.76. The van der Waals surface area contributed by atoms with E-state index in [2.05, 4.69) is 9.97 Å². The van der Waals surface area contributed by atoms with Gasteiger partial charge in [0.05, 0.1) is 5.56 Å².